The Labute approximate surface area is 152 Å². The Bertz CT molecular complexity index is 1060. The fourth-order valence-electron chi connectivity index (χ4n) is 2.77. The predicted octanol–water partition coefficient (Wildman–Crippen LogP) is 3.82. The van der Waals surface area contributed by atoms with Gasteiger partial charge >= 0.3 is 0 Å². The lowest BCUT2D eigenvalue weighted by molar-refractivity contribution is 0.101. The van der Waals surface area contributed by atoms with E-state index in [0.717, 1.165) is 38.8 Å². The third-order valence-electron chi connectivity index (χ3n) is 3.77. The summed E-state index contributed by atoms with van der Waals surface area (Å²) in [4.78, 5) is 30.7. The second-order valence-corrected chi connectivity index (χ2v) is 8.52. The molecule has 1 amide bonds. The third kappa shape index (κ3) is 2.51. The number of carbonyl (C=O) groups is 1. The van der Waals surface area contributed by atoms with E-state index in [4.69, 9.17) is 12.2 Å². The van der Waals surface area contributed by atoms with Crippen LogP contribution in [0.2, 0.25) is 0 Å². The number of aryl methyl sites for hydroxylation is 2. The van der Waals surface area contributed by atoms with Gasteiger partial charge in [0.25, 0.3) is 11.5 Å². The first-order chi connectivity index (χ1) is 11.0. The number of aromatic nitrogens is 2. The van der Waals surface area contributed by atoms with Gasteiger partial charge < -0.3 is 4.98 Å². The molecule has 23 heavy (non-hydrogen) atoms. The van der Waals surface area contributed by atoms with Crippen LogP contribution >= 0.6 is 50.8 Å². The fourth-order valence-corrected chi connectivity index (χ4v) is 5.66. The molecule has 3 heterocycles. The van der Waals surface area contributed by atoms with Crippen molar-refractivity contribution in [1.29, 1.82) is 0 Å². The molecule has 0 bridgehead atoms. The van der Waals surface area contributed by atoms with Gasteiger partial charge in [0.1, 0.15) is 4.83 Å². The maximum Gasteiger partial charge on any atom is 0.282 e. The summed E-state index contributed by atoms with van der Waals surface area (Å²) in [6.07, 6.45) is 2.98. The molecule has 1 aliphatic carbocycles. The topological polar surface area (TPSA) is 66.9 Å². The average Bonchev–Trinajstić information content (AvgIpc) is 3.18. The maximum atomic E-state index is 12.8. The summed E-state index contributed by atoms with van der Waals surface area (Å²) in [7, 11) is 0. The standard InChI is InChI=1S/C14H10BrN3O2S3/c15-6-4-9(22-5-6)11(19)17-18-13(20)10-7-2-1-3-8(7)23-12(10)16-14(18)21/h4-5H,1-3H2,(H,16,21)(H,17,19). The van der Waals surface area contributed by atoms with Crippen molar-refractivity contribution in [2.24, 2.45) is 0 Å². The van der Waals surface area contributed by atoms with E-state index in [0.29, 0.717) is 10.3 Å². The minimum atomic E-state index is -0.353. The molecule has 0 aromatic carbocycles. The first kappa shape index (κ1) is 15.3. The lowest BCUT2D eigenvalue weighted by Crippen LogP contribution is -2.34. The number of rotatable bonds is 2. The first-order valence-electron chi connectivity index (χ1n) is 6.89. The predicted molar refractivity (Wildman–Crippen MR) is 99.0 cm³/mol. The van der Waals surface area contributed by atoms with Gasteiger partial charge in [-0.3, -0.25) is 15.0 Å². The molecule has 118 valence electrons. The molecule has 5 nitrogen and oxygen atoms in total. The Morgan fingerprint density at radius 3 is 3.00 bits per heavy atom. The molecular weight excluding hydrogens is 418 g/mol. The number of hydrogen-bond acceptors (Lipinski definition) is 5. The Balaban J connectivity index is 1.82. The zero-order valence-corrected chi connectivity index (χ0v) is 15.7. The van der Waals surface area contributed by atoms with Crippen LogP contribution in [0.4, 0.5) is 0 Å². The van der Waals surface area contributed by atoms with Crippen LogP contribution in [0.5, 0.6) is 0 Å². The minimum Gasteiger partial charge on any atom is -0.322 e. The van der Waals surface area contributed by atoms with Gasteiger partial charge in [0.15, 0.2) is 0 Å². The van der Waals surface area contributed by atoms with Crippen molar-refractivity contribution < 1.29 is 4.79 Å². The average molecular weight is 428 g/mol. The molecule has 0 aliphatic heterocycles. The van der Waals surface area contributed by atoms with Crippen LogP contribution in [0.3, 0.4) is 0 Å². The quantitative estimate of drug-likeness (QED) is 0.610. The number of halogens is 1. The molecule has 0 saturated carbocycles. The summed E-state index contributed by atoms with van der Waals surface area (Å²) in [6, 6.07) is 1.71. The third-order valence-corrected chi connectivity index (χ3v) is 6.95. The first-order valence-corrected chi connectivity index (χ1v) is 9.79. The van der Waals surface area contributed by atoms with Gasteiger partial charge in [-0.25, -0.2) is 0 Å². The molecule has 0 saturated heterocycles. The lowest BCUT2D eigenvalue weighted by atomic mass is 10.2. The van der Waals surface area contributed by atoms with Gasteiger partial charge in [-0.2, -0.15) is 4.68 Å². The van der Waals surface area contributed by atoms with Crippen LogP contribution < -0.4 is 11.0 Å². The number of thiophene rings is 2. The summed E-state index contributed by atoms with van der Waals surface area (Å²) >= 11 is 11.4. The van der Waals surface area contributed by atoms with Crippen molar-refractivity contribution >= 4 is 66.9 Å². The number of aromatic amines is 1. The Morgan fingerprint density at radius 2 is 2.26 bits per heavy atom. The maximum absolute atomic E-state index is 12.8. The van der Waals surface area contributed by atoms with E-state index < -0.39 is 0 Å². The molecule has 4 rings (SSSR count). The van der Waals surface area contributed by atoms with Gasteiger partial charge in [-0.1, -0.05) is 0 Å². The summed E-state index contributed by atoms with van der Waals surface area (Å²) in [5, 5.41) is 2.47. The monoisotopic (exact) mass is 427 g/mol. The van der Waals surface area contributed by atoms with Crippen LogP contribution in [0.25, 0.3) is 10.2 Å². The Hall–Kier alpha value is -1.29. The second kappa shape index (κ2) is 5.66. The number of fused-ring (bicyclic) bond motifs is 3. The van der Waals surface area contributed by atoms with Gasteiger partial charge in [-0.15, -0.1) is 22.7 Å². The fraction of sp³-hybridized carbons (Fsp3) is 0.214. The molecular formula is C14H10BrN3O2S3. The summed E-state index contributed by atoms with van der Waals surface area (Å²) < 4.78 is 2.17. The van der Waals surface area contributed by atoms with E-state index in [1.54, 1.807) is 17.4 Å². The molecule has 3 aromatic heterocycles. The van der Waals surface area contributed by atoms with Crippen LogP contribution in [-0.2, 0) is 12.8 Å². The highest BCUT2D eigenvalue weighted by atomic mass is 79.9. The Morgan fingerprint density at radius 1 is 1.43 bits per heavy atom. The van der Waals surface area contributed by atoms with Crippen molar-refractivity contribution in [3.05, 3.63) is 46.4 Å². The normalized spacial score (nSPS) is 13.4. The zero-order chi connectivity index (χ0) is 16.1. The summed E-state index contributed by atoms with van der Waals surface area (Å²) in [6.45, 7) is 0. The molecule has 1 aliphatic rings. The van der Waals surface area contributed by atoms with Crippen molar-refractivity contribution in [3.63, 3.8) is 0 Å². The van der Waals surface area contributed by atoms with Crippen molar-refractivity contribution in [1.82, 2.24) is 9.66 Å². The SMILES string of the molecule is O=C(Nn1c(=S)[nH]c2sc3c(c2c1=O)CCC3)c1cc(Br)cs1. The molecule has 9 heteroatoms. The van der Waals surface area contributed by atoms with E-state index in [9.17, 15) is 9.59 Å². The molecule has 0 radical (unpaired) electrons. The van der Waals surface area contributed by atoms with E-state index in [-0.39, 0.29) is 16.2 Å². The van der Waals surface area contributed by atoms with Crippen molar-refractivity contribution in [3.8, 4) is 0 Å². The largest absolute Gasteiger partial charge is 0.322 e. The zero-order valence-electron chi connectivity index (χ0n) is 11.6. The van der Waals surface area contributed by atoms with E-state index in [1.807, 2.05) is 5.38 Å². The molecule has 0 atom stereocenters. The smallest absolute Gasteiger partial charge is 0.282 e. The molecule has 0 unspecified atom stereocenters. The number of H-pyrrole nitrogens is 1. The Kier molecular flexibility index (Phi) is 3.75. The minimum absolute atomic E-state index is 0.200. The lowest BCUT2D eigenvalue weighted by Gasteiger charge is -2.07. The highest BCUT2D eigenvalue weighted by molar-refractivity contribution is 9.10. The van der Waals surface area contributed by atoms with Crippen molar-refractivity contribution in [2.75, 3.05) is 5.43 Å². The van der Waals surface area contributed by atoms with Crippen LogP contribution in [0, 0.1) is 4.77 Å². The van der Waals surface area contributed by atoms with E-state index >= 15 is 0 Å². The van der Waals surface area contributed by atoms with E-state index in [1.165, 1.54) is 16.2 Å². The number of amides is 1. The van der Waals surface area contributed by atoms with Crippen molar-refractivity contribution in [2.45, 2.75) is 19.3 Å². The van der Waals surface area contributed by atoms with Gasteiger partial charge in [0, 0.05) is 14.7 Å². The highest BCUT2D eigenvalue weighted by Crippen LogP contribution is 2.34. The van der Waals surface area contributed by atoms with Crippen LogP contribution in [0.15, 0.2) is 20.7 Å². The second-order valence-electron chi connectivity index (χ2n) is 5.20. The molecule has 0 fully saturated rings. The number of hydrogen-bond donors (Lipinski definition) is 2. The van der Waals surface area contributed by atoms with Crippen LogP contribution in [-0.4, -0.2) is 15.6 Å². The molecule has 2 N–H and O–H groups in total. The van der Waals surface area contributed by atoms with Gasteiger partial charge in [0.2, 0.25) is 4.77 Å². The van der Waals surface area contributed by atoms with Gasteiger partial charge in [-0.05, 0) is 59.0 Å². The highest BCUT2D eigenvalue weighted by Gasteiger charge is 2.22. The number of carbonyl (C=O) groups excluding carboxylic acids is 1. The molecule has 3 aromatic rings. The number of nitrogens with one attached hydrogen (secondary N) is 2. The summed E-state index contributed by atoms with van der Waals surface area (Å²) in [5.74, 6) is -0.353. The molecule has 0 spiro atoms. The van der Waals surface area contributed by atoms with Crippen LogP contribution in [0.1, 0.15) is 26.5 Å². The summed E-state index contributed by atoms with van der Waals surface area (Å²) in [5.41, 5.74) is 3.45. The van der Waals surface area contributed by atoms with Gasteiger partial charge in [0.05, 0.1) is 10.3 Å². The number of nitrogens with zero attached hydrogens (tertiary/aromatic N) is 1. The van der Waals surface area contributed by atoms with E-state index in [2.05, 4.69) is 26.3 Å².